The molecular weight excluding hydrogens is 461 g/mol. The van der Waals surface area contributed by atoms with E-state index in [2.05, 4.69) is 25.0 Å². The summed E-state index contributed by atoms with van der Waals surface area (Å²) >= 11 is 5.91. The molecule has 1 aliphatic rings. The van der Waals surface area contributed by atoms with E-state index in [0.29, 0.717) is 47.5 Å². The summed E-state index contributed by atoms with van der Waals surface area (Å²) in [5, 5.41) is 13.5. The number of aliphatic hydroxyl groups excluding tert-OH is 1. The zero-order valence-electron chi connectivity index (χ0n) is 19.1. The third kappa shape index (κ3) is 5.30. The van der Waals surface area contributed by atoms with Gasteiger partial charge in [-0.25, -0.2) is 19.3 Å². The first-order valence-corrected chi connectivity index (χ1v) is 11.1. The third-order valence-electron chi connectivity index (χ3n) is 5.38. The number of hydrogen-bond donors (Lipinski definition) is 1. The first-order chi connectivity index (χ1) is 16.4. The molecular formula is C23H25ClFN7O2. The Kier molecular flexibility index (Phi) is 7.30. The summed E-state index contributed by atoms with van der Waals surface area (Å²) in [4.78, 5) is 20.2. The lowest BCUT2D eigenvalue weighted by atomic mass is 10.1. The van der Waals surface area contributed by atoms with Crippen LogP contribution in [0.1, 0.15) is 11.4 Å². The van der Waals surface area contributed by atoms with Gasteiger partial charge in [0.25, 0.3) is 0 Å². The van der Waals surface area contributed by atoms with Crippen LogP contribution >= 0.6 is 11.6 Å². The number of morpholine rings is 1. The molecule has 0 bridgehead atoms. The zero-order valence-corrected chi connectivity index (χ0v) is 19.9. The van der Waals surface area contributed by atoms with Gasteiger partial charge in [-0.15, -0.1) is 0 Å². The molecule has 1 fully saturated rings. The van der Waals surface area contributed by atoms with E-state index in [1.165, 1.54) is 6.07 Å². The average molecular weight is 486 g/mol. The van der Waals surface area contributed by atoms with Crippen LogP contribution < -0.4 is 4.90 Å². The maximum Gasteiger partial charge on any atom is 0.228 e. The molecule has 1 atom stereocenters. The van der Waals surface area contributed by atoms with Crippen LogP contribution in [0.25, 0.3) is 22.4 Å². The number of aliphatic hydroxyl groups is 1. The lowest BCUT2D eigenvalue weighted by Gasteiger charge is -2.32. The molecule has 9 nitrogen and oxygen atoms in total. The van der Waals surface area contributed by atoms with Gasteiger partial charge >= 0.3 is 0 Å². The molecule has 0 aliphatic carbocycles. The van der Waals surface area contributed by atoms with Crippen molar-refractivity contribution in [1.82, 2.24) is 29.7 Å². The van der Waals surface area contributed by atoms with Crippen LogP contribution in [0.3, 0.4) is 0 Å². The largest absolute Gasteiger partial charge is 0.394 e. The number of halogens is 2. The Bertz CT molecular complexity index is 1290. The van der Waals surface area contributed by atoms with E-state index in [4.69, 9.17) is 16.3 Å². The van der Waals surface area contributed by atoms with E-state index in [0.717, 1.165) is 11.4 Å². The fourth-order valence-corrected chi connectivity index (χ4v) is 3.63. The Hall–Kier alpha value is -3.21. The Morgan fingerprint density at radius 2 is 1.97 bits per heavy atom. The number of anilines is 1. The van der Waals surface area contributed by atoms with Gasteiger partial charge in [0.05, 0.1) is 30.7 Å². The maximum absolute atomic E-state index is 14.7. The second-order valence-electron chi connectivity index (χ2n) is 7.86. The van der Waals surface area contributed by atoms with E-state index in [1.54, 1.807) is 23.0 Å². The molecule has 178 valence electrons. The van der Waals surface area contributed by atoms with Gasteiger partial charge in [0, 0.05) is 43.1 Å². The first-order valence-electron chi connectivity index (χ1n) is 10.7. The van der Waals surface area contributed by atoms with Crippen molar-refractivity contribution < 1.29 is 14.2 Å². The Morgan fingerprint density at radius 1 is 1.18 bits per heavy atom. The lowest BCUT2D eigenvalue weighted by molar-refractivity contribution is 0.00316. The molecule has 34 heavy (non-hydrogen) atoms. The molecule has 0 saturated carbocycles. The van der Waals surface area contributed by atoms with Gasteiger partial charge in [0.1, 0.15) is 17.0 Å². The highest BCUT2D eigenvalue weighted by Gasteiger charge is 2.24. The van der Waals surface area contributed by atoms with Crippen LogP contribution in [0.5, 0.6) is 0 Å². The van der Waals surface area contributed by atoms with Gasteiger partial charge in [0.15, 0.2) is 5.65 Å². The molecule has 0 radical (unpaired) electrons. The highest BCUT2D eigenvalue weighted by molar-refractivity contribution is 6.30. The number of rotatable bonds is 3. The maximum atomic E-state index is 14.7. The Labute approximate surface area is 201 Å². The predicted molar refractivity (Wildman–Crippen MR) is 127 cm³/mol. The third-order valence-corrected chi connectivity index (χ3v) is 5.61. The van der Waals surface area contributed by atoms with Crippen LogP contribution in [-0.2, 0) is 11.8 Å². The monoisotopic (exact) mass is 485 g/mol. The van der Waals surface area contributed by atoms with Crippen molar-refractivity contribution in [2.24, 2.45) is 7.05 Å². The van der Waals surface area contributed by atoms with Crippen molar-refractivity contribution in [2.45, 2.75) is 20.0 Å². The van der Waals surface area contributed by atoms with E-state index in [-0.39, 0.29) is 18.3 Å². The van der Waals surface area contributed by atoms with Gasteiger partial charge in [0.2, 0.25) is 5.95 Å². The molecule has 1 unspecified atom stereocenters. The number of hydrogen-bond acceptors (Lipinski definition) is 8. The van der Waals surface area contributed by atoms with E-state index >= 15 is 0 Å². The molecule has 5 rings (SSSR count). The summed E-state index contributed by atoms with van der Waals surface area (Å²) in [6.45, 7) is 5.02. The van der Waals surface area contributed by atoms with Gasteiger partial charge in [-0.3, -0.25) is 4.68 Å². The number of nitrogens with zero attached hydrogens (tertiary/aromatic N) is 7. The second-order valence-corrected chi connectivity index (χ2v) is 8.30. The minimum atomic E-state index is -0.492. The van der Waals surface area contributed by atoms with Crippen molar-refractivity contribution >= 4 is 28.7 Å². The second kappa shape index (κ2) is 10.4. The normalized spacial score (nSPS) is 15.8. The summed E-state index contributed by atoms with van der Waals surface area (Å²) in [5.74, 6) is -0.0927. The molecule has 1 aliphatic heterocycles. The molecule has 1 saturated heterocycles. The minimum absolute atomic E-state index is 0.0964. The predicted octanol–water partition coefficient (Wildman–Crippen LogP) is 3.11. The molecule has 3 aromatic heterocycles. The van der Waals surface area contributed by atoms with Crippen LogP contribution in [0.4, 0.5) is 10.3 Å². The highest BCUT2D eigenvalue weighted by Crippen LogP contribution is 2.30. The van der Waals surface area contributed by atoms with Gasteiger partial charge in [-0.1, -0.05) is 11.6 Å². The molecule has 11 heteroatoms. The average Bonchev–Trinajstić information content (AvgIpc) is 3.31. The van der Waals surface area contributed by atoms with Crippen LogP contribution in [0.2, 0.25) is 5.02 Å². The van der Waals surface area contributed by atoms with Gasteiger partial charge < -0.3 is 14.7 Å². The van der Waals surface area contributed by atoms with Crippen molar-refractivity contribution in [1.29, 1.82) is 0 Å². The van der Waals surface area contributed by atoms with Crippen molar-refractivity contribution in [3.8, 4) is 11.3 Å². The SMILES string of the molecule is Cc1nc2nc(N3CCOC(CO)C3)nc(-c3ccc(Cl)cc3F)c2nc1C.Cn1cccn1. The van der Waals surface area contributed by atoms with Gasteiger partial charge in [-0.05, 0) is 38.1 Å². The fraction of sp³-hybridized carbons (Fsp3) is 0.348. The quantitative estimate of drug-likeness (QED) is 0.472. The number of ether oxygens (including phenoxy) is 1. The molecule has 1 N–H and O–H groups in total. The Balaban J connectivity index is 0.000000398. The summed E-state index contributed by atoms with van der Waals surface area (Å²) in [7, 11) is 1.89. The van der Waals surface area contributed by atoms with E-state index < -0.39 is 5.82 Å². The van der Waals surface area contributed by atoms with Crippen molar-refractivity contribution in [3.63, 3.8) is 0 Å². The summed E-state index contributed by atoms with van der Waals surface area (Å²) in [5.41, 5.74) is 2.94. The van der Waals surface area contributed by atoms with Crippen molar-refractivity contribution in [2.75, 3.05) is 31.2 Å². The molecule has 4 heterocycles. The summed E-state index contributed by atoms with van der Waals surface area (Å²) in [6, 6.07) is 6.32. The van der Waals surface area contributed by atoms with Crippen LogP contribution in [-0.4, -0.2) is 67.2 Å². The van der Waals surface area contributed by atoms with E-state index in [9.17, 15) is 9.50 Å². The molecule has 0 spiro atoms. The van der Waals surface area contributed by atoms with Gasteiger partial charge in [-0.2, -0.15) is 10.1 Å². The number of aromatic nitrogens is 6. The Morgan fingerprint density at radius 3 is 2.62 bits per heavy atom. The zero-order chi connectivity index (χ0) is 24.2. The number of fused-ring (bicyclic) bond motifs is 1. The standard InChI is InChI=1S/C19H19ClFN5O2.C4H6N2/c1-10-11(2)23-18-17(22-10)16(14-4-3-12(20)7-15(14)21)24-19(25-18)26-5-6-28-13(8-26)9-27;1-6-4-2-3-5-6/h3-4,7,13,27H,5-6,8-9H2,1-2H3;2-4H,1H3. The number of aryl methyl sites for hydroxylation is 3. The lowest BCUT2D eigenvalue weighted by Crippen LogP contribution is -2.44. The smallest absolute Gasteiger partial charge is 0.228 e. The highest BCUT2D eigenvalue weighted by atomic mass is 35.5. The van der Waals surface area contributed by atoms with Crippen LogP contribution in [0, 0.1) is 19.7 Å². The molecule has 4 aromatic rings. The fourth-order valence-electron chi connectivity index (χ4n) is 3.47. The number of benzene rings is 1. The topological polar surface area (TPSA) is 102 Å². The first kappa shape index (κ1) is 23.9. The van der Waals surface area contributed by atoms with E-state index in [1.807, 2.05) is 38.1 Å². The summed E-state index contributed by atoms with van der Waals surface area (Å²) < 4.78 is 21.9. The minimum Gasteiger partial charge on any atom is -0.394 e. The molecule has 1 aromatic carbocycles. The van der Waals surface area contributed by atoms with Crippen molar-refractivity contribution in [3.05, 3.63) is 58.9 Å². The molecule has 0 amide bonds. The van der Waals surface area contributed by atoms with Crippen LogP contribution in [0.15, 0.2) is 36.7 Å². The summed E-state index contributed by atoms with van der Waals surface area (Å²) in [6.07, 6.45) is 3.31.